The average molecular weight is 371 g/mol. The second-order valence-electron chi connectivity index (χ2n) is 7.05. The zero-order valence-electron chi connectivity index (χ0n) is 16.2. The molecule has 0 radical (unpaired) electrons. The number of rotatable bonds is 8. The summed E-state index contributed by atoms with van der Waals surface area (Å²) in [6, 6.07) is 8.26. The number of carbonyl (C=O) groups is 1. The Kier molecular flexibility index (Phi) is 6.84. The summed E-state index contributed by atoms with van der Waals surface area (Å²) in [7, 11) is 2.08. The summed E-state index contributed by atoms with van der Waals surface area (Å²) < 4.78 is 5.95. The lowest BCUT2D eigenvalue weighted by molar-refractivity contribution is -0.130. The molecule has 7 heteroatoms. The molecule has 3 rings (SSSR count). The minimum absolute atomic E-state index is 0.166. The summed E-state index contributed by atoms with van der Waals surface area (Å²) in [5.74, 6) is 2.04. The minimum atomic E-state index is 0.166. The number of imidazole rings is 1. The molecule has 1 aliphatic rings. The number of amides is 1. The van der Waals surface area contributed by atoms with Crippen LogP contribution in [-0.2, 0) is 17.9 Å². The van der Waals surface area contributed by atoms with Crippen molar-refractivity contribution in [1.82, 2.24) is 24.7 Å². The van der Waals surface area contributed by atoms with Crippen molar-refractivity contribution in [2.75, 3.05) is 46.4 Å². The zero-order chi connectivity index (χ0) is 19.1. The fraction of sp³-hybridized carbons (Fsp3) is 0.500. The third-order valence-electron chi connectivity index (χ3n) is 4.82. The van der Waals surface area contributed by atoms with Gasteiger partial charge in [0.05, 0.1) is 6.54 Å². The summed E-state index contributed by atoms with van der Waals surface area (Å²) in [5, 5.41) is 0. The molecule has 1 saturated heterocycles. The molecule has 1 aromatic heterocycles. The standard InChI is InChI=1S/C20H29N5O2/c1-17(26)25-10-8-24(9-11-25)12-13-27-19-5-3-4-18(14-19)15-23(2)16-20-21-6-7-22-20/h3-7,14H,8-13,15-16H2,1-2H3,(H,21,22). The smallest absolute Gasteiger partial charge is 0.219 e. The molecule has 2 aromatic rings. The molecule has 0 spiro atoms. The van der Waals surface area contributed by atoms with E-state index < -0.39 is 0 Å². The van der Waals surface area contributed by atoms with E-state index >= 15 is 0 Å². The van der Waals surface area contributed by atoms with Crippen molar-refractivity contribution in [3.8, 4) is 5.75 Å². The Labute approximate surface area is 160 Å². The van der Waals surface area contributed by atoms with Crippen LogP contribution in [0.3, 0.4) is 0 Å². The first-order valence-corrected chi connectivity index (χ1v) is 9.46. The monoisotopic (exact) mass is 371 g/mol. The highest BCUT2D eigenvalue weighted by Gasteiger charge is 2.18. The second kappa shape index (κ2) is 9.53. The SMILES string of the molecule is CC(=O)N1CCN(CCOc2cccc(CN(C)Cc3ncc[nH]3)c2)CC1. The normalized spacial score (nSPS) is 15.3. The Morgan fingerprint density at radius 3 is 2.78 bits per heavy atom. The van der Waals surface area contributed by atoms with Crippen molar-refractivity contribution < 1.29 is 9.53 Å². The molecule has 7 nitrogen and oxygen atoms in total. The van der Waals surface area contributed by atoms with Gasteiger partial charge >= 0.3 is 0 Å². The highest BCUT2D eigenvalue weighted by Crippen LogP contribution is 2.15. The van der Waals surface area contributed by atoms with E-state index in [-0.39, 0.29) is 5.91 Å². The van der Waals surface area contributed by atoms with Crippen LogP contribution < -0.4 is 4.74 Å². The van der Waals surface area contributed by atoms with Gasteiger partial charge in [0, 0.05) is 58.6 Å². The quantitative estimate of drug-likeness (QED) is 0.763. The van der Waals surface area contributed by atoms with Crippen LogP contribution in [0.2, 0.25) is 0 Å². The van der Waals surface area contributed by atoms with Gasteiger partial charge in [0.2, 0.25) is 5.91 Å². The highest BCUT2D eigenvalue weighted by molar-refractivity contribution is 5.73. The van der Waals surface area contributed by atoms with Gasteiger partial charge in [-0.3, -0.25) is 14.6 Å². The number of nitrogens with zero attached hydrogens (tertiary/aromatic N) is 4. The maximum absolute atomic E-state index is 11.4. The molecule has 0 atom stereocenters. The van der Waals surface area contributed by atoms with E-state index in [1.807, 2.05) is 23.2 Å². The number of piperazine rings is 1. The molecular formula is C20H29N5O2. The van der Waals surface area contributed by atoms with Crippen LogP contribution in [-0.4, -0.2) is 77.0 Å². The number of hydrogen-bond acceptors (Lipinski definition) is 5. The Balaban J connectivity index is 1.40. The predicted molar refractivity (Wildman–Crippen MR) is 104 cm³/mol. The van der Waals surface area contributed by atoms with Crippen molar-refractivity contribution >= 4 is 5.91 Å². The molecule has 27 heavy (non-hydrogen) atoms. The topological polar surface area (TPSA) is 64.7 Å². The van der Waals surface area contributed by atoms with Crippen LogP contribution in [0.15, 0.2) is 36.7 Å². The third-order valence-corrected chi connectivity index (χ3v) is 4.82. The first-order valence-electron chi connectivity index (χ1n) is 9.46. The molecule has 1 aromatic carbocycles. The number of aromatic amines is 1. The molecule has 2 heterocycles. The molecule has 0 saturated carbocycles. The predicted octanol–water partition coefficient (Wildman–Crippen LogP) is 1.58. The molecular weight excluding hydrogens is 342 g/mol. The summed E-state index contributed by atoms with van der Waals surface area (Å²) in [6.07, 6.45) is 3.62. The highest BCUT2D eigenvalue weighted by atomic mass is 16.5. The first kappa shape index (κ1) is 19.4. The van der Waals surface area contributed by atoms with Gasteiger partial charge in [-0.15, -0.1) is 0 Å². The maximum atomic E-state index is 11.4. The average Bonchev–Trinajstić information content (AvgIpc) is 3.15. The number of aromatic nitrogens is 2. The van der Waals surface area contributed by atoms with Gasteiger partial charge in [-0.1, -0.05) is 12.1 Å². The van der Waals surface area contributed by atoms with E-state index in [9.17, 15) is 4.79 Å². The number of nitrogens with one attached hydrogen (secondary N) is 1. The number of H-pyrrole nitrogens is 1. The van der Waals surface area contributed by atoms with Crippen LogP contribution >= 0.6 is 0 Å². The van der Waals surface area contributed by atoms with E-state index in [0.717, 1.165) is 57.4 Å². The van der Waals surface area contributed by atoms with Crippen molar-refractivity contribution in [1.29, 1.82) is 0 Å². The fourth-order valence-corrected chi connectivity index (χ4v) is 3.32. The van der Waals surface area contributed by atoms with E-state index in [4.69, 9.17) is 4.74 Å². The van der Waals surface area contributed by atoms with Crippen LogP contribution in [0.1, 0.15) is 18.3 Å². The number of ether oxygens (including phenoxy) is 1. The maximum Gasteiger partial charge on any atom is 0.219 e. The number of carbonyl (C=O) groups excluding carboxylic acids is 1. The molecule has 1 amide bonds. The Morgan fingerprint density at radius 1 is 1.26 bits per heavy atom. The van der Waals surface area contributed by atoms with Gasteiger partial charge in [0.25, 0.3) is 0 Å². The Hall–Kier alpha value is -2.38. The molecule has 0 unspecified atom stereocenters. The molecule has 1 fully saturated rings. The summed E-state index contributed by atoms with van der Waals surface area (Å²) in [4.78, 5) is 25.2. The summed E-state index contributed by atoms with van der Waals surface area (Å²) >= 11 is 0. The fourth-order valence-electron chi connectivity index (χ4n) is 3.32. The summed E-state index contributed by atoms with van der Waals surface area (Å²) in [6.45, 7) is 8.26. The van der Waals surface area contributed by atoms with Crippen LogP contribution in [0, 0.1) is 0 Å². The second-order valence-corrected chi connectivity index (χ2v) is 7.05. The molecule has 1 aliphatic heterocycles. The first-order chi connectivity index (χ1) is 13.1. The Morgan fingerprint density at radius 2 is 2.07 bits per heavy atom. The van der Waals surface area contributed by atoms with Crippen LogP contribution in [0.4, 0.5) is 0 Å². The van der Waals surface area contributed by atoms with Crippen molar-refractivity contribution in [3.63, 3.8) is 0 Å². The van der Waals surface area contributed by atoms with Crippen molar-refractivity contribution in [2.45, 2.75) is 20.0 Å². The number of benzene rings is 1. The van der Waals surface area contributed by atoms with Crippen LogP contribution in [0.25, 0.3) is 0 Å². The largest absolute Gasteiger partial charge is 0.492 e. The lowest BCUT2D eigenvalue weighted by Crippen LogP contribution is -2.48. The zero-order valence-corrected chi connectivity index (χ0v) is 16.2. The van der Waals surface area contributed by atoms with E-state index in [1.54, 1.807) is 13.1 Å². The van der Waals surface area contributed by atoms with Crippen molar-refractivity contribution in [3.05, 3.63) is 48.0 Å². The molecule has 1 N–H and O–H groups in total. The van der Waals surface area contributed by atoms with E-state index in [1.165, 1.54) is 5.56 Å². The van der Waals surface area contributed by atoms with Gasteiger partial charge in [0.15, 0.2) is 0 Å². The molecule has 146 valence electrons. The number of hydrogen-bond donors (Lipinski definition) is 1. The lowest BCUT2D eigenvalue weighted by Gasteiger charge is -2.34. The minimum Gasteiger partial charge on any atom is -0.492 e. The van der Waals surface area contributed by atoms with Gasteiger partial charge in [-0.25, -0.2) is 4.98 Å². The van der Waals surface area contributed by atoms with Crippen LogP contribution in [0.5, 0.6) is 5.75 Å². The lowest BCUT2D eigenvalue weighted by atomic mass is 10.2. The molecule has 0 bridgehead atoms. The van der Waals surface area contributed by atoms with Gasteiger partial charge in [0.1, 0.15) is 18.2 Å². The van der Waals surface area contributed by atoms with Gasteiger partial charge < -0.3 is 14.6 Å². The van der Waals surface area contributed by atoms with E-state index in [2.05, 4.69) is 38.9 Å². The summed E-state index contributed by atoms with van der Waals surface area (Å²) in [5.41, 5.74) is 1.22. The van der Waals surface area contributed by atoms with Gasteiger partial charge in [-0.2, -0.15) is 0 Å². The third kappa shape index (κ3) is 6.08. The van der Waals surface area contributed by atoms with Crippen molar-refractivity contribution in [2.24, 2.45) is 0 Å². The Bertz CT molecular complexity index is 711. The van der Waals surface area contributed by atoms with E-state index in [0.29, 0.717) is 6.61 Å². The molecule has 0 aliphatic carbocycles. The van der Waals surface area contributed by atoms with Gasteiger partial charge in [-0.05, 0) is 24.7 Å².